The molecule has 43 heavy (non-hydrogen) atoms. The van der Waals surface area contributed by atoms with Crippen LogP contribution in [0, 0.1) is 16.0 Å². The normalized spacial score (nSPS) is 25.8. The van der Waals surface area contributed by atoms with E-state index in [-0.39, 0.29) is 30.0 Å². The number of hydrogen-bond acceptors (Lipinski definition) is 7. The molecule has 6 rings (SSSR count). The average Bonchev–Trinajstić information content (AvgIpc) is 3.54. The van der Waals surface area contributed by atoms with E-state index in [4.69, 9.17) is 9.57 Å². The molecule has 3 atom stereocenters. The van der Waals surface area contributed by atoms with E-state index < -0.39 is 4.92 Å². The summed E-state index contributed by atoms with van der Waals surface area (Å²) in [6.07, 6.45) is 10.6. The topological polar surface area (TPSA) is 88.4 Å². The maximum absolute atomic E-state index is 13.1. The van der Waals surface area contributed by atoms with Crippen LogP contribution in [0.25, 0.3) is 0 Å². The molecule has 0 N–H and O–H groups in total. The number of ether oxygens (including phenoxy) is 1. The van der Waals surface area contributed by atoms with E-state index in [2.05, 4.69) is 46.9 Å². The second-order valence-corrected chi connectivity index (χ2v) is 12.8. The van der Waals surface area contributed by atoms with Crippen molar-refractivity contribution in [2.75, 3.05) is 32.7 Å². The molecule has 9 nitrogen and oxygen atoms in total. The Morgan fingerprint density at radius 1 is 1.09 bits per heavy atom. The highest BCUT2D eigenvalue weighted by molar-refractivity contribution is 5.68. The van der Waals surface area contributed by atoms with Crippen LogP contribution in [0.3, 0.4) is 0 Å². The molecule has 1 saturated carbocycles. The molecule has 0 radical (unpaired) electrons. The largest absolute Gasteiger partial charge is 0.445 e. The minimum atomic E-state index is -0.437. The van der Waals surface area contributed by atoms with E-state index in [1.807, 2.05) is 0 Å². The first kappa shape index (κ1) is 29.8. The number of carbonyl (C=O) groups is 1. The predicted molar refractivity (Wildman–Crippen MR) is 164 cm³/mol. The number of hydrogen-bond donors (Lipinski definition) is 0. The van der Waals surface area contributed by atoms with Crippen LogP contribution in [0.1, 0.15) is 68.4 Å². The summed E-state index contributed by atoms with van der Waals surface area (Å²) in [5.74, 6) is 0.965. The molecule has 2 aromatic rings. The lowest BCUT2D eigenvalue weighted by atomic mass is 9.76. The number of rotatable bonds is 9. The van der Waals surface area contributed by atoms with Crippen molar-refractivity contribution in [3.63, 3.8) is 0 Å². The molecule has 0 bridgehead atoms. The first-order chi connectivity index (χ1) is 20.9. The van der Waals surface area contributed by atoms with Gasteiger partial charge in [-0.05, 0) is 61.3 Å². The van der Waals surface area contributed by atoms with Gasteiger partial charge in [-0.2, -0.15) is 5.06 Å². The van der Waals surface area contributed by atoms with Gasteiger partial charge < -0.3 is 14.5 Å². The van der Waals surface area contributed by atoms with Crippen molar-refractivity contribution >= 4 is 11.8 Å². The Bertz CT molecular complexity index is 1260. The standard InChI is InChI=1S/C34H44N4O5/c1-2-19-36(33(39)42-25-26-11-13-29(14-12-26)38(40)41)28-15-20-35(21-16-28)23-31-30(27-9-5-3-6-10-27)24-37-32(31)22-34(43-37)17-7-4-8-18-34/h2-3,5-6,9-14,28,30-32H,1,4,7-8,15-25H2/t30-,31?,32+/m1/s1. The van der Waals surface area contributed by atoms with Crippen LogP contribution in [-0.2, 0) is 16.2 Å². The van der Waals surface area contributed by atoms with Crippen molar-refractivity contribution in [2.45, 2.75) is 81.6 Å². The van der Waals surface area contributed by atoms with Crippen molar-refractivity contribution < 1.29 is 19.3 Å². The van der Waals surface area contributed by atoms with Crippen molar-refractivity contribution in [3.05, 3.63) is 88.5 Å². The quantitative estimate of drug-likeness (QED) is 0.193. The fraction of sp³-hybridized carbons (Fsp3) is 0.559. The maximum atomic E-state index is 13.1. The Balaban J connectivity index is 1.07. The summed E-state index contributed by atoms with van der Waals surface area (Å²) < 4.78 is 5.63. The Labute approximate surface area is 254 Å². The molecule has 1 unspecified atom stereocenters. The van der Waals surface area contributed by atoms with Gasteiger partial charge in [-0.25, -0.2) is 4.79 Å². The number of nitrogens with zero attached hydrogens (tertiary/aromatic N) is 4. The Morgan fingerprint density at radius 2 is 1.81 bits per heavy atom. The molecule has 1 spiro atoms. The van der Waals surface area contributed by atoms with E-state index in [9.17, 15) is 14.9 Å². The predicted octanol–water partition coefficient (Wildman–Crippen LogP) is 6.31. The molecule has 0 aromatic heterocycles. The third kappa shape index (κ3) is 6.64. The first-order valence-corrected chi connectivity index (χ1v) is 16.0. The third-order valence-corrected chi connectivity index (χ3v) is 10.2. The Kier molecular flexibility index (Phi) is 9.12. The number of nitro groups is 1. The number of piperidine rings is 1. The average molecular weight is 589 g/mol. The van der Waals surface area contributed by atoms with Gasteiger partial charge in [-0.15, -0.1) is 6.58 Å². The van der Waals surface area contributed by atoms with Crippen LogP contribution >= 0.6 is 0 Å². The van der Waals surface area contributed by atoms with Crippen molar-refractivity contribution in [2.24, 2.45) is 5.92 Å². The van der Waals surface area contributed by atoms with E-state index >= 15 is 0 Å². The number of hydroxylamine groups is 2. The number of non-ortho nitro benzene ring substituents is 1. The minimum absolute atomic E-state index is 0.0180. The minimum Gasteiger partial charge on any atom is -0.445 e. The molecule has 3 heterocycles. The van der Waals surface area contributed by atoms with Gasteiger partial charge in [0.2, 0.25) is 0 Å². The van der Waals surface area contributed by atoms with Gasteiger partial charge in [0.1, 0.15) is 6.61 Å². The van der Waals surface area contributed by atoms with Gasteiger partial charge in [0.25, 0.3) is 5.69 Å². The SMILES string of the molecule is C=CCN(C(=O)OCc1ccc([N+](=O)[O-])cc1)C1CCN(CC2[C@@H](c3ccccc3)CN3OC4(CCCCC4)C[C@@H]23)CC1. The summed E-state index contributed by atoms with van der Waals surface area (Å²) in [7, 11) is 0. The van der Waals surface area contributed by atoms with Gasteiger partial charge >= 0.3 is 6.09 Å². The summed E-state index contributed by atoms with van der Waals surface area (Å²) in [5.41, 5.74) is 2.20. The maximum Gasteiger partial charge on any atom is 0.410 e. The molecule has 1 aliphatic carbocycles. The zero-order valence-corrected chi connectivity index (χ0v) is 25.0. The number of nitro benzene ring substituents is 1. The van der Waals surface area contributed by atoms with E-state index in [1.54, 1.807) is 23.1 Å². The number of carbonyl (C=O) groups excluding carboxylic acids is 1. The van der Waals surface area contributed by atoms with Gasteiger partial charge in [-0.3, -0.25) is 15.0 Å². The Hall–Kier alpha value is -3.27. The molecule has 3 saturated heterocycles. The van der Waals surface area contributed by atoms with Crippen LogP contribution in [0.5, 0.6) is 0 Å². The number of amides is 1. The molecule has 2 aromatic carbocycles. The number of likely N-dealkylation sites (tertiary alicyclic amines) is 1. The highest BCUT2D eigenvalue weighted by Crippen LogP contribution is 2.51. The zero-order valence-electron chi connectivity index (χ0n) is 25.0. The fourth-order valence-electron chi connectivity index (χ4n) is 7.93. The Morgan fingerprint density at radius 3 is 2.49 bits per heavy atom. The zero-order chi connectivity index (χ0) is 29.8. The lowest BCUT2D eigenvalue weighted by Gasteiger charge is -2.40. The summed E-state index contributed by atoms with van der Waals surface area (Å²) in [5, 5.41) is 13.3. The van der Waals surface area contributed by atoms with E-state index in [1.165, 1.54) is 49.8 Å². The summed E-state index contributed by atoms with van der Waals surface area (Å²) in [6, 6.07) is 17.6. The second-order valence-electron chi connectivity index (χ2n) is 12.8. The molecular weight excluding hydrogens is 544 g/mol. The summed E-state index contributed by atoms with van der Waals surface area (Å²) in [6.45, 7) is 8.25. The van der Waals surface area contributed by atoms with Gasteiger partial charge in [0.15, 0.2) is 0 Å². The fourth-order valence-corrected chi connectivity index (χ4v) is 7.93. The van der Waals surface area contributed by atoms with Crippen LogP contribution in [0.4, 0.5) is 10.5 Å². The third-order valence-electron chi connectivity index (χ3n) is 10.2. The summed E-state index contributed by atoms with van der Waals surface area (Å²) in [4.78, 5) is 34.8. The van der Waals surface area contributed by atoms with Gasteiger partial charge in [-0.1, -0.05) is 55.7 Å². The molecule has 9 heteroatoms. The second kappa shape index (κ2) is 13.2. The highest BCUT2D eigenvalue weighted by atomic mass is 16.7. The van der Waals surface area contributed by atoms with E-state index in [0.717, 1.165) is 51.0 Å². The van der Waals surface area contributed by atoms with Crippen LogP contribution in [0.2, 0.25) is 0 Å². The molecule has 4 aliphatic rings. The van der Waals surface area contributed by atoms with Crippen LogP contribution in [-0.4, -0.2) is 76.3 Å². The first-order valence-electron chi connectivity index (χ1n) is 16.0. The molecule has 4 fully saturated rings. The van der Waals surface area contributed by atoms with Gasteiger partial charge in [0.05, 0.1) is 10.5 Å². The van der Waals surface area contributed by atoms with Crippen molar-refractivity contribution in [1.29, 1.82) is 0 Å². The lowest BCUT2D eigenvalue weighted by Crippen LogP contribution is -2.49. The monoisotopic (exact) mass is 588 g/mol. The van der Waals surface area contributed by atoms with Gasteiger partial charge in [0, 0.05) is 62.9 Å². The number of benzene rings is 2. The van der Waals surface area contributed by atoms with E-state index in [0.29, 0.717) is 24.4 Å². The molecule has 1 amide bonds. The lowest BCUT2D eigenvalue weighted by molar-refractivity contribution is -0.384. The van der Waals surface area contributed by atoms with Crippen molar-refractivity contribution in [1.82, 2.24) is 14.9 Å². The van der Waals surface area contributed by atoms with Crippen LogP contribution < -0.4 is 0 Å². The molecule has 230 valence electrons. The smallest absolute Gasteiger partial charge is 0.410 e. The molecular formula is C34H44N4O5. The highest BCUT2D eigenvalue weighted by Gasteiger charge is 2.55. The van der Waals surface area contributed by atoms with Crippen LogP contribution in [0.15, 0.2) is 67.3 Å². The number of fused-ring (bicyclic) bond motifs is 1. The summed E-state index contributed by atoms with van der Waals surface area (Å²) >= 11 is 0. The molecule has 3 aliphatic heterocycles. The van der Waals surface area contributed by atoms with Crippen molar-refractivity contribution in [3.8, 4) is 0 Å².